The first-order valence-electron chi connectivity index (χ1n) is 5.52. The largest absolute Gasteiger partial charge is 0.515 e. The van der Waals surface area contributed by atoms with Crippen LogP contribution in [0.5, 0.6) is 0 Å². The summed E-state index contributed by atoms with van der Waals surface area (Å²) in [7, 11) is 0. The number of hydrogen-bond acceptors (Lipinski definition) is 2. The van der Waals surface area contributed by atoms with E-state index in [2.05, 4.69) is 6.92 Å². The molecule has 0 saturated heterocycles. The maximum atomic E-state index is 11.6. The number of fused-ring (bicyclic) bond motifs is 1. The Labute approximate surface area is 85.0 Å². The normalized spacial score (nSPS) is 41.1. The Bertz CT molecular complexity index is 280. The first-order valence-corrected chi connectivity index (χ1v) is 5.52. The molecule has 2 fully saturated rings. The molecule has 2 aliphatic rings. The minimum Gasteiger partial charge on any atom is -0.515 e. The zero-order valence-electron chi connectivity index (χ0n) is 8.75. The van der Waals surface area contributed by atoms with Crippen molar-refractivity contribution in [2.24, 2.45) is 11.3 Å². The molecule has 0 amide bonds. The molecule has 0 spiro atoms. The van der Waals surface area contributed by atoms with Crippen molar-refractivity contribution in [3.05, 3.63) is 11.8 Å². The van der Waals surface area contributed by atoms with Crippen LogP contribution in [0.3, 0.4) is 0 Å². The molecule has 0 unspecified atom stereocenters. The minimum atomic E-state index is 0.164. The van der Waals surface area contributed by atoms with Gasteiger partial charge >= 0.3 is 0 Å². The average Bonchev–Trinajstić information content (AvgIpc) is 2.18. The third-order valence-electron chi connectivity index (χ3n) is 4.08. The first-order chi connectivity index (χ1) is 6.65. The van der Waals surface area contributed by atoms with Gasteiger partial charge in [-0.25, -0.2) is 0 Å². The van der Waals surface area contributed by atoms with Crippen molar-refractivity contribution in [1.29, 1.82) is 0 Å². The Morgan fingerprint density at radius 3 is 3.00 bits per heavy atom. The third kappa shape index (κ3) is 1.47. The van der Waals surface area contributed by atoms with Gasteiger partial charge in [0.05, 0.1) is 6.26 Å². The molecule has 0 radical (unpaired) electrons. The number of aliphatic hydroxyl groups excluding tert-OH is 1. The topological polar surface area (TPSA) is 37.3 Å². The Morgan fingerprint density at radius 1 is 1.50 bits per heavy atom. The summed E-state index contributed by atoms with van der Waals surface area (Å²) in [5.41, 5.74) is 0.923. The quantitative estimate of drug-likeness (QED) is 0.475. The monoisotopic (exact) mass is 194 g/mol. The summed E-state index contributed by atoms with van der Waals surface area (Å²) < 4.78 is 0. The Balaban J connectivity index is 2.21. The molecule has 0 aromatic heterocycles. The van der Waals surface area contributed by atoms with Gasteiger partial charge in [0.1, 0.15) is 0 Å². The molecule has 0 bridgehead atoms. The Hall–Kier alpha value is -0.790. The lowest BCUT2D eigenvalue weighted by Crippen LogP contribution is -2.38. The van der Waals surface area contributed by atoms with Gasteiger partial charge in [-0.15, -0.1) is 0 Å². The predicted molar refractivity (Wildman–Crippen MR) is 55.0 cm³/mol. The van der Waals surface area contributed by atoms with E-state index in [1.807, 2.05) is 0 Å². The van der Waals surface area contributed by atoms with E-state index >= 15 is 0 Å². The number of carbonyl (C=O) groups excluding carboxylic acids is 1. The Kier molecular flexibility index (Phi) is 2.38. The van der Waals surface area contributed by atoms with Crippen molar-refractivity contribution in [2.45, 2.75) is 45.4 Å². The lowest BCUT2D eigenvalue weighted by atomic mass is 9.59. The number of hydrogen-bond donors (Lipinski definition) is 1. The van der Waals surface area contributed by atoms with Crippen LogP contribution >= 0.6 is 0 Å². The van der Waals surface area contributed by atoms with E-state index in [0.29, 0.717) is 17.9 Å². The van der Waals surface area contributed by atoms with Gasteiger partial charge in [0, 0.05) is 12.0 Å². The van der Waals surface area contributed by atoms with E-state index in [0.717, 1.165) is 12.7 Å². The highest BCUT2D eigenvalue weighted by Crippen LogP contribution is 2.50. The van der Waals surface area contributed by atoms with E-state index in [1.165, 1.54) is 25.7 Å². The lowest BCUT2D eigenvalue weighted by Gasteiger charge is -2.45. The fraction of sp³-hybridized carbons (Fsp3) is 0.750. The molecular weight excluding hydrogens is 176 g/mol. The van der Waals surface area contributed by atoms with E-state index in [-0.39, 0.29) is 11.2 Å². The van der Waals surface area contributed by atoms with Crippen LogP contribution in [-0.4, -0.2) is 10.9 Å². The van der Waals surface area contributed by atoms with Gasteiger partial charge in [-0.3, -0.25) is 4.79 Å². The number of ketones is 1. The summed E-state index contributed by atoms with van der Waals surface area (Å²) in [6.07, 6.45) is 7.42. The van der Waals surface area contributed by atoms with Crippen LogP contribution in [0.2, 0.25) is 0 Å². The van der Waals surface area contributed by atoms with Crippen molar-refractivity contribution >= 4 is 5.78 Å². The summed E-state index contributed by atoms with van der Waals surface area (Å²) >= 11 is 0. The number of aliphatic hydroxyl groups is 1. The standard InChI is InChI=1S/C12H18O2/c1-12-5-3-2-4-10(12)6-11(14)9(7-12)8-13/h8,10,13H,2-7H2,1H3/b9-8-/t10-,12+/m1/s1. The van der Waals surface area contributed by atoms with Gasteiger partial charge in [-0.2, -0.15) is 0 Å². The summed E-state index contributed by atoms with van der Waals surface area (Å²) in [6.45, 7) is 2.27. The van der Waals surface area contributed by atoms with E-state index in [9.17, 15) is 4.79 Å². The van der Waals surface area contributed by atoms with Gasteiger partial charge in [-0.05, 0) is 30.6 Å². The van der Waals surface area contributed by atoms with Gasteiger partial charge in [0.2, 0.25) is 0 Å². The fourth-order valence-corrected chi connectivity index (χ4v) is 3.06. The molecule has 2 heteroatoms. The van der Waals surface area contributed by atoms with Crippen molar-refractivity contribution in [3.63, 3.8) is 0 Å². The van der Waals surface area contributed by atoms with Crippen LogP contribution in [0, 0.1) is 11.3 Å². The van der Waals surface area contributed by atoms with Crippen molar-refractivity contribution in [1.82, 2.24) is 0 Å². The van der Waals surface area contributed by atoms with E-state index in [4.69, 9.17) is 5.11 Å². The SMILES string of the molecule is C[C@@]12CCCC[C@@H]1CC(=O)/C(=C\O)C2. The Morgan fingerprint density at radius 2 is 2.29 bits per heavy atom. The summed E-state index contributed by atoms with van der Waals surface area (Å²) in [5.74, 6) is 0.726. The molecule has 14 heavy (non-hydrogen) atoms. The van der Waals surface area contributed by atoms with Crippen LogP contribution < -0.4 is 0 Å². The van der Waals surface area contributed by atoms with Gasteiger partial charge in [0.15, 0.2) is 5.78 Å². The van der Waals surface area contributed by atoms with E-state index in [1.54, 1.807) is 0 Å². The number of Topliss-reactive ketones (excluding diaryl/α,β-unsaturated/α-hetero) is 1. The summed E-state index contributed by atoms with van der Waals surface area (Å²) in [4.78, 5) is 11.6. The third-order valence-corrected chi connectivity index (χ3v) is 4.08. The first kappa shape index (κ1) is 9.75. The van der Waals surface area contributed by atoms with Crippen molar-refractivity contribution in [2.75, 3.05) is 0 Å². The summed E-state index contributed by atoms with van der Waals surface area (Å²) in [5, 5.41) is 8.98. The van der Waals surface area contributed by atoms with Crippen molar-refractivity contribution < 1.29 is 9.90 Å². The molecule has 0 aromatic rings. The number of rotatable bonds is 0. The zero-order chi connectivity index (χ0) is 10.2. The molecule has 78 valence electrons. The van der Waals surface area contributed by atoms with Gasteiger partial charge in [0.25, 0.3) is 0 Å². The second kappa shape index (κ2) is 3.41. The molecule has 0 aliphatic heterocycles. The fourth-order valence-electron chi connectivity index (χ4n) is 3.06. The van der Waals surface area contributed by atoms with Crippen molar-refractivity contribution in [3.8, 4) is 0 Å². The van der Waals surface area contributed by atoms with Crippen LogP contribution in [0.1, 0.15) is 45.4 Å². The summed E-state index contributed by atoms with van der Waals surface area (Å²) in [6, 6.07) is 0. The highest BCUT2D eigenvalue weighted by atomic mass is 16.2. The molecule has 1 N–H and O–H groups in total. The number of carbonyl (C=O) groups is 1. The van der Waals surface area contributed by atoms with Crippen LogP contribution in [0.4, 0.5) is 0 Å². The molecule has 0 aromatic carbocycles. The molecule has 2 saturated carbocycles. The molecule has 2 aliphatic carbocycles. The lowest BCUT2D eigenvalue weighted by molar-refractivity contribution is -0.121. The van der Waals surface area contributed by atoms with Crippen LogP contribution in [0.25, 0.3) is 0 Å². The highest BCUT2D eigenvalue weighted by molar-refractivity contribution is 5.96. The van der Waals surface area contributed by atoms with Crippen LogP contribution in [0.15, 0.2) is 11.8 Å². The number of allylic oxidation sites excluding steroid dienone is 1. The smallest absolute Gasteiger partial charge is 0.162 e. The molecular formula is C12H18O2. The maximum absolute atomic E-state index is 11.6. The second-order valence-corrected chi connectivity index (χ2v) is 5.06. The minimum absolute atomic E-state index is 0.164. The molecule has 2 nitrogen and oxygen atoms in total. The molecule has 2 atom stereocenters. The van der Waals surface area contributed by atoms with E-state index < -0.39 is 0 Å². The van der Waals surface area contributed by atoms with Gasteiger partial charge in [-0.1, -0.05) is 19.8 Å². The molecule has 2 rings (SSSR count). The van der Waals surface area contributed by atoms with Crippen LogP contribution in [-0.2, 0) is 4.79 Å². The predicted octanol–water partition coefficient (Wildman–Crippen LogP) is 2.99. The van der Waals surface area contributed by atoms with Gasteiger partial charge < -0.3 is 5.11 Å². The zero-order valence-corrected chi connectivity index (χ0v) is 8.75. The molecule has 0 heterocycles. The average molecular weight is 194 g/mol. The highest BCUT2D eigenvalue weighted by Gasteiger charge is 2.42. The maximum Gasteiger partial charge on any atom is 0.162 e. The second-order valence-electron chi connectivity index (χ2n) is 5.06.